The SMILES string of the molecule is CC(C)NC(=O)CNC(=O)CCC(=O)c1cccs1. The molecule has 0 aromatic carbocycles. The maximum atomic E-state index is 11.6. The topological polar surface area (TPSA) is 75.3 Å². The Bertz CT molecular complexity index is 441. The van der Waals surface area contributed by atoms with Gasteiger partial charge in [0.25, 0.3) is 0 Å². The monoisotopic (exact) mass is 282 g/mol. The third-order valence-electron chi connectivity index (χ3n) is 2.27. The van der Waals surface area contributed by atoms with Crippen molar-refractivity contribution >= 4 is 28.9 Å². The van der Waals surface area contributed by atoms with Gasteiger partial charge in [-0.05, 0) is 25.3 Å². The summed E-state index contributed by atoms with van der Waals surface area (Å²) in [7, 11) is 0. The molecule has 0 aliphatic rings. The van der Waals surface area contributed by atoms with Crippen molar-refractivity contribution < 1.29 is 14.4 Å². The van der Waals surface area contributed by atoms with E-state index < -0.39 is 0 Å². The van der Waals surface area contributed by atoms with Crippen molar-refractivity contribution in [2.75, 3.05) is 6.54 Å². The van der Waals surface area contributed by atoms with Crippen LogP contribution < -0.4 is 10.6 Å². The molecule has 0 saturated heterocycles. The first kappa shape index (κ1) is 15.4. The molecule has 6 heteroatoms. The van der Waals surface area contributed by atoms with Crippen LogP contribution >= 0.6 is 11.3 Å². The number of carbonyl (C=O) groups is 3. The summed E-state index contributed by atoms with van der Waals surface area (Å²) in [5, 5.41) is 6.98. The third kappa shape index (κ3) is 6.15. The first-order valence-electron chi connectivity index (χ1n) is 6.12. The molecule has 0 fully saturated rings. The molecule has 2 amide bonds. The number of ketones is 1. The van der Waals surface area contributed by atoms with Gasteiger partial charge in [-0.2, -0.15) is 0 Å². The number of amides is 2. The lowest BCUT2D eigenvalue weighted by atomic mass is 10.2. The molecular weight excluding hydrogens is 264 g/mol. The van der Waals surface area contributed by atoms with Gasteiger partial charge in [-0.25, -0.2) is 0 Å². The van der Waals surface area contributed by atoms with E-state index in [1.165, 1.54) is 11.3 Å². The molecule has 0 bridgehead atoms. The van der Waals surface area contributed by atoms with Gasteiger partial charge in [-0.1, -0.05) is 6.07 Å². The van der Waals surface area contributed by atoms with E-state index in [1.807, 2.05) is 19.2 Å². The van der Waals surface area contributed by atoms with Crippen LogP contribution in [0.1, 0.15) is 36.4 Å². The van der Waals surface area contributed by atoms with Crippen LogP contribution in [0, 0.1) is 0 Å². The molecule has 104 valence electrons. The Balaban J connectivity index is 2.21. The largest absolute Gasteiger partial charge is 0.352 e. The second-order valence-corrected chi connectivity index (χ2v) is 5.35. The molecule has 0 saturated carbocycles. The fourth-order valence-corrected chi connectivity index (χ4v) is 2.12. The average Bonchev–Trinajstić information content (AvgIpc) is 2.86. The summed E-state index contributed by atoms with van der Waals surface area (Å²) in [4.78, 5) is 35.1. The molecule has 2 N–H and O–H groups in total. The first-order chi connectivity index (χ1) is 8.99. The summed E-state index contributed by atoms with van der Waals surface area (Å²) in [6.07, 6.45) is 0.268. The van der Waals surface area contributed by atoms with E-state index in [9.17, 15) is 14.4 Å². The molecule has 1 aromatic heterocycles. The molecule has 0 radical (unpaired) electrons. The first-order valence-corrected chi connectivity index (χ1v) is 6.99. The highest BCUT2D eigenvalue weighted by atomic mass is 32.1. The molecule has 1 aromatic rings. The quantitative estimate of drug-likeness (QED) is 0.741. The molecule has 0 unspecified atom stereocenters. The number of hydrogen-bond acceptors (Lipinski definition) is 4. The molecule has 0 atom stereocenters. The Morgan fingerprint density at radius 2 is 1.95 bits per heavy atom. The van der Waals surface area contributed by atoms with Crippen molar-refractivity contribution in [1.82, 2.24) is 10.6 Å². The molecule has 5 nitrogen and oxygen atoms in total. The van der Waals surface area contributed by atoms with Crippen molar-refractivity contribution in [3.8, 4) is 0 Å². The summed E-state index contributed by atoms with van der Waals surface area (Å²) < 4.78 is 0. The van der Waals surface area contributed by atoms with Crippen LogP contribution in [0.15, 0.2) is 17.5 Å². The standard InChI is InChI=1S/C13H18N2O3S/c1-9(2)15-13(18)8-14-12(17)6-5-10(16)11-4-3-7-19-11/h3-4,7,9H,5-6,8H2,1-2H3,(H,14,17)(H,15,18). The minimum absolute atomic E-state index is 0.0446. The zero-order valence-corrected chi connectivity index (χ0v) is 11.9. The van der Waals surface area contributed by atoms with Crippen molar-refractivity contribution in [3.05, 3.63) is 22.4 Å². The Morgan fingerprint density at radius 3 is 2.53 bits per heavy atom. The predicted octanol–water partition coefficient (Wildman–Crippen LogP) is 1.35. The van der Waals surface area contributed by atoms with Gasteiger partial charge in [0.2, 0.25) is 11.8 Å². The van der Waals surface area contributed by atoms with Crippen molar-refractivity contribution in [2.24, 2.45) is 0 Å². The summed E-state index contributed by atoms with van der Waals surface area (Å²) >= 11 is 1.36. The van der Waals surface area contributed by atoms with Gasteiger partial charge >= 0.3 is 0 Å². The van der Waals surface area contributed by atoms with Crippen molar-refractivity contribution in [1.29, 1.82) is 0 Å². The van der Waals surface area contributed by atoms with Gasteiger partial charge in [0.15, 0.2) is 5.78 Å². The van der Waals surface area contributed by atoms with E-state index in [-0.39, 0.29) is 43.0 Å². The fourth-order valence-electron chi connectivity index (χ4n) is 1.43. The minimum atomic E-state index is -0.288. The minimum Gasteiger partial charge on any atom is -0.352 e. The Hall–Kier alpha value is -1.69. The van der Waals surface area contributed by atoms with Gasteiger partial charge < -0.3 is 10.6 Å². The smallest absolute Gasteiger partial charge is 0.239 e. The van der Waals surface area contributed by atoms with Gasteiger partial charge in [0.05, 0.1) is 11.4 Å². The summed E-state index contributed by atoms with van der Waals surface area (Å²) in [6.45, 7) is 3.64. The number of rotatable bonds is 7. The van der Waals surface area contributed by atoms with Crippen LogP contribution in [-0.4, -0.2) is 30.2 Å². The number of carbonyl (C=O) groups excluding carboxylic acids is 3. The van der Waals surface area contributed by atoms with Crippen molar-refractivity contribution in [3.63, 3.8) is 0 Å². The van der Waals surface area contributed by atoms with Crippen LogP contribution in [0.2, 0.25) is 0 Å². The van der Waals surface area contributed by atoms with Crippen LogP contribution in [0.3, 0.4) is 0 Å². The molecule has 0 aliphatic heterocycles. The number of hydrogen-bond donors (Lipinski definition) is 2. The third-order valence-corrected chi connectivity index (χ3v) is 3.18. The lowest BCUT2D eigenvalue weighted by molar-refractivity contribution is -0.126. The molecule has 0 spiro atoms. The normalized spacial score (nSPS) is 10.3. The van der Waals surface area contributed by atoms with Gasteiger partial charge in [0.1, 0.15) is 0 Å². The highest BCUT2D eigenvalue weighted by molar-refractivity contribution is 7.12. The van der Waals surface area contributed by atoms with E-state index in [4.69, 9.17) is 0 Å². The van der Waals surface area contributed by atoms with Crippen LogP contribution in [-0.2, 0) is 9.59 Å². The zero-order valence-electron chi connectivity index (χ0n) is 11.1. The van der Waals surface area contributed by atoms with Crippen LogP contribution in [0.25, 0.3) is 0 Å². The van der Waals surface area contributed by atoms with E-state index in [1.54, 1.807) is 12.1 Å². The van der Waals surface area contributed by atoms with E-state index >= 15 is 0 Å². The molecule has 0 aliphatic carbocycles. The summed E-state index contributed by atoms with van der Waals surface area (Å²) in [5.74, 6) is -0.562. The lowest BCUT2D eigenvalue weighted by Gasteiger charge is -2.08. The lowest BCUT2D eigenvalue weighted by Crippen LogP contribution is -2.39. The van der Waals surface area contributed by atoms with E-state index in [2.05, 4.69) is 10.6 Å². The Kier molecular flexibility index (Phi) is 6.21. The van der Waals surface area contributed by atoms with Crippen LogP contribution in [0.4, 0.5) is 0 Å². The molecule has 1 heterocycles. The Labute approximate surface area is 116 Å². The van der Waals surface area contributed by atoms with Crippen molar-refractivity contribution in [2.45, 2.75) is 32.7 Å². The van der Waals surface area contributed by atoms with Gasteiger partial charge in [-0.3, -0.25) is 14.4 Å². The number of thiophene rings is 1. The zero-order chi connectivity index (χ0) is 14.3. The second-order valence-electron chi connectivity index (χ2n) is 4.40. The van der Waals surface area contributed by atoms with Gasteiger partial charge in [-0.15, -0.1) is 11.3 Å². The molecular formula is C13H18N2O3S. The summed E-state index contributed by atoms with van der Waals surface area (Å²) in [6, 6.07) is 3.58. The van der Waals surface area contributed by atoms with E-state index in [0.29, 0.717) is 4.88 Å². The highest BCUT2D eigenvalue weighted by Crippen LogP contribution is 2.11. The van der Waals surface area contributed by atoms with E-state index in [0.717, 1.165) is 0 Å². The average molecular weight is 282 g/mol. The summed E-state index contributed by atoms with van der Waals surface area (Å²) in [5.41, 5.74) is 0. The van der Waals surface area contributed by atoms with Crippen LogP contribution in [0.5, 0.6) is 0 Å². The van der Waals surface area contributed by atoms with Gasteiger partial charge in [0, 0.05) is 18.9 Å². The maximum Gasteiger partial charge on any atom is 0.239 e. The second kappa shape index (κ2) is 7.68. The molecule has 1 rings (SSSR count). The number of nitrogens with one attached hydrogen (secondary N) is 2. The maximum absolute atomic E-state index is 11.6. The predicted molar refractivity (Wildman–Crippen MR) is 74.2 cm³/mol. The molecule has 19 heavy (non-hydrogen) atoms. The highest BCUT2D eigenvalue weighted by Gasteiger charge is 2.11. The number of Topliss-reactive ketones (excluding diaryl/α,β-unsaturated/α-hetero) is 1. The fraction of sp³-hybridized carbons (Fsp3) is 0.462. The Morgan fingerprint density at radius 1 is 1.21 bits per heavy atom.